The maximum atomic E-state index is 12.3. The fourth-order valence-electron chi connectivity index (χ4n) is 2.95. The highest BCUT2D eigenvalue weighted by Gasteiger charge is 2.41. The normalized spacial score (nSPS) is 19.3. The van der Waals surface area contributed by atoms with Gasteiger partial charge in [0.2, 0.25) is 0 Å². The number of ether oxygens (including phenoxy) is 1. The molecule has 3 rings (SSSR count). The number of anilines is 2. The Hall–Kier alpha value is -1.23. The van der Waals surface area contributed by atoms with Crippen molar-refractivity contribution in [3.63, 3.8) is 0 Å². The molecule has 21 heavy (non-hydrogen) atoms. The Kier molecular flexibility index (Phi) is 3.86. The minimum atomic E-state index is 0.193. The molecule has 3 N–H and O–H groups in total. The van der Waals surface area contributed by atoms with Crippen molar-refractivity contribution in [1.82, 2.24) is 0 Å². The van der Waals surface area contributed by atoms with Crippen LogP contribution in [-0.4, -0.2) is 19.4 Å². The number of thiophene rings is 1. The SMILES string of the molecule is CCCC1(CNc2sc(C(=O)C3CC3)c(N)c2OC)CC1. The molecule has 0 radical (unpaired) electrons. The first-order valence-electron chi connectivity index (χ1n) is 7.84. The lowest BCUT2D eigenvalue weighted by molar-refractivity contribution is 0.0972. The lowest BCUT2D eigenvalue weighted by Gasteiger charge is -2.15. The van der Waals surface area contributed by atoms with Gasteiger partial charge < -0.3 is 15.8 Å². The van der Waals surface area contributed by atoms with Crippen LogP contribution in [0.5, 0.6) is 5.75 Å². The van der Waals surface area contributed by atoms with Crippen LogP contribution in [0.25, 0.3) is 0 Å². The first-order chi connectivity index (χ1) is 10.1. The summed E-state index contributed by atoms with van der Waals surface area (Å²) in [5.41, 5.74) is 7.09. The number of carbonyl (C=O) groups excluding carboxylic acids is 1. The Labute approximate surface area is 130 Å². The maximum Gasteiger partial charge on any atom is 0.178 e. The van der Waals surface area contributed by atoms with Crippen LogP contribution in [0, 0.1) is 11.3 Å². The van der Waals surface area contributed by atoms with Gasteiger partial charge in [-0.1, -0.05) is 13.3 Å². The summed E-state index contributed by atoms with van der Waals surface area (Å²) in [7, 11) is 1.62. The van der Waals surface area contributed by atoms with Crippen LogP contribution in [0.15, 0.2) is 0 Å². The van der Waals surface area contributed by atoms with E-state index in [1.165, 1.54) is 37.0 Å². The van der Waals surface area contributed by atoms with Crippen LogP contribution in [0.1, 0.15) is 55.1 Å². The molecule has 116 valence electrons. The van der Waals surface area contributed by atoms with E-state index in [0.717, 1.165) is 24.4 Å². The molecule has 0 unspecified atom stereocenters. The van der Waals surface area contributed by atoms with Crippen LogP contribution >= 0.6 is 11.3 Å². The Balaban J connectivity index is 1.75. The fourth-order valence-corrected chi connectivity index (χ4v) is 4.06. The quantitative estimate of drug-likeness (QED) is 0.714. The number of methoxy groups -OCH3 is 1. The second kappa shape index (κ2) is 5.52. The highest BCUT2D eigenvalue weighted by molar-refractivity contribution is 7.19. The third kappa shape index (κ3) is 2.89. The summed E-state index contributed by atoms with van der Waals surface area (Å²) < 4.78 is 5.42. The molecular weight excluding hydrogens is 284 g/mol. The summed E-state index contributed by atoms with van der Waals surface area (Å²) in [5.74, 6) is 1.04. The van der Waals surface area contributed by atoms with Gasteiger partial charge in [-0.25, -0.2) is 0 Å². The largest absolute Gasteiger partial charge is 0.492 e. The van der Waals surface area contributed by atoms with Crippen molar-refractivity contribution in [3.8, 4) is 5.75 Å². The molecule has 0 aromatic carbocycles. The smallest absolute Gasteiger partial charge is 0.178 e. The first-order valence-corrected chi connectivity index (χ1v) is 8.66. The van der Waals surface area contributed by atoms with E-state index in [1.807, 2.05) is 0 Å². The van der Waals surface area contributed by atoms with Gasteiger partial charge in [-0.05, 0) is 37.5 Å². The van der Waals surface area contributed by atoms with Crippen molar-refractivity contribution in [1.29, 1.82) is 0 Å². The summed E-state index contributed by atoms with van der Waals surface area (Å²) in [4.78, 5) is 13.0. The zero-order chi connectivity index (χ0) is 15.0. The molecule has 1 aromatic rings. The van der Waals surface area contributed by atoms with E-state index in [1.54, 1.807) is 7.11 Å². The van der Waals surface area contributed by atoms with Crippen LogP contribution in [-0.2, 0) is 0 Å². The molecular formula is C16H24N2O2S. The van der Waals surface area contributed by atoms with Gasteiger partial charge in [-0.2, -0.15) is 0 Å². The monoisotopic (exact) mass is 308 g/mol. The molecule has 0 amide bonds. The van der Waals surface area contributed by atoms with Gasteiger partial charge >= 0.3 is 0 Å². The highest BCUT2D eigenvalue weighted by Crippen LogP contribution is 2.51. The Morgan fingerprint density at radius 3 is 2.71 bits per heavy atom. The first kappa shape index (κ1) is 14.7. The lowest BCUT2D eigenvalue weighted by Crippen LogP contribution is -2.14. The lowest BCUT2D eigenvalue weighted by atomic mass is 10.0. The van der Waals surface area contributed by atoms with E-state index in [0.29, 0.717) is 21.7 Å². The zero-order valence-electron chi connectivity index (χ0n) is 12.8. The summed E-state index contributed by atoms with van der Waals surface area (Å²) >= 11 is 1.46. The Morgan fingerprint density at radius 1 is 1.48 bits per heavy atom. The van der Waals surface area contributed by atoms with Crippen LogP contribution in [0.4, 0.5) is 10.7 Å². The summed E-state index contributed by atoms with van der Waals surface area (Å²) in [5, 5.41) is 4.41. The summed E-state index contributed by atoms with van der Waals surface area (Å²) in [6.07, 6.45) is 7.07. The molecule has 0 atom stereocenters. The second-order valence-electron chi connectivity index (χ2n) is 6.45. The molecule has 4 nitrogen and oxygen atoms in total. The number of ketones is 1. The molecule has 0 aliphatic heterocycles. The molecule has 2 aliphatic carbocycles. The van der Waals surface area contributed by atoms with Gasteiger partial charge in [0.05, 0.1) is 17.7 Å². The molecule has 0 bridgehead atoms. The van der Waals surface area contributed by atoms with Crippen molar-refractivity contribution < 1.29 is 9.53 Å². The predicted octanol–water partition coefficient (Wildman–Crippen LogP) is 3.92. The van der Waals surface area contributed by atoms with Gasteiger partial charge in [-0.3, -0.25) is 4.79 Å². The number of nitrogens with two attached hydrogens (primary N) is 1. The van der Waals surface area contributed by atoms with Crippen molar-refractivity contribution in [2.45, 2.75) is 45.4 Å². The molecule has 0 spiro atoms. The predicted molar refractivity (Wildman–Crippen MR) is 87.4 cm³/mol. The molecule has 2 aliphatic rings. The van der Waals surface area contributed by atoms with E-state index in [4.69, 9.17) is 10.5 Å². The van der Waals surface area contributed by atoms with E-state index < -0.39 is 0 Å². The maximum absolute atomic E-state index is 12.3. The van der Waals surface area contributed by atoms with Crippen LogP contribution in [0.2, 0.25) is 0 Å². The standard InChI is InChI=1S/C16H24N2O2S/c1-3-6-16(7-8-16)9-18-15-13(20-2)11(17)14(21-15)12(19)10-4-5-10/h10,18H,3-9,17H2,1-2H3. The molecule has 2 fully saturated rings. The minimum Gasteiger partial charge on any atom is -0.492 e. The van der Waals surface area contributed by atoms with E-state index in [9.17, 15) is 4.79 Å². The number of nitrogen functional groups attached to an aromatic ring is 1. The Morgan fingerprint density at radius 2 is 2.19 bits per heavy atom. The number of rotatable bonds is 8. The van der Waals surface area contributed by atoms with Gasteiger partial charge in [0.25, 0.3) is 0 Å². The van der Waals surface area contributed by atoms with Crippen molar-refractivity contribution in [2.24, 2.45) is 11.3 Å². The number of carbonyl (C=O) groups is 1. The minimum absolute atomic E-state index is 0.193. The van der Waals surface area contributed by atoms with Crippen LogP contribution in [0.3, 0.4) is 0 Å². The average molecular weight is 308 g/mol. The second-order valence-corrected chi connectivity index (χ2v) is 7.47. The third-order valence-corrected chi connectivity index (χ3v) is 5.80. The number of Topliss-reactive ketones (excluding diaryl/α,β-unsaturated/α-hetero) is 1. The van der Waals surface area contributed by atoms with Crippen LogP contribution < -0.4 is 15.8 Å². The average Bonchev–Trinajstić information content (AvgIpc) is 3.36. The number of nitrogens with one attached hydrogen (secondary N) is 1. The van der Waals surface area contributed by atoms with E-state index in [2.05, 4.69) is 12.2 Å². The summed E-state index contributed by atoms with van der Waals surface area (Å²) in [6, 6.07) is 0. The van der Waals surface area contributed by atoms with E-state index in [-0.39, 0.29) is 11.7 Å². The van der Waals surface area contributed by atoms with Crippen molar-refractivity contribution in [2.75, 3.05) is 24.7 Å². The number of hydrogen-bond acceptors (Lipinski definition) is 5. The van der Waals surface area contributed by atoms with Crippen molar-refractivity contribution >= 4 is 27.8 Å². The van der Waals surface area contributed by atoms with Gasteiger partial charge in [0.15, 0.2) is 11.5 Å². The fraction of sp³-hybridized carbons (Fsp3) is 0.688. The van der Waals surface area contributed by atoms with Gasteiger partial charge in [0, 0.05) is 12.5 Å². The van der Waals surface area contributed by atoms with Gasteiger partial charge in [0.1, 0.15) is 5.00 Å². The molecule has 1 heterocycles. The molecule has 5 heteroatoms. The topological polar surface area (TPSA) is 64.4 Å². The van der Waals surface area contributed by atoms with E-state index >= 15 is 0 Å². The highest BCUT2D eigenvalue weighted by atomic mass is 32.1. The molecule has 2 saturated carbocycles. The van der Waals surface area contributed by atoms with Crippen molar-refractivity contribution in [3.05, 3.63) is 4.88 Å². The third-order valence-electron chi connectivity index (χ3n) is 4.64. The number of hydrogen-bond donors (Lipinski definition) is 2. The zero-order valence-corrected chi connectivity index (χ0v) is 13.6. The molecule has 0 saturated heterocycles. The molecule has 1 aromatic heterocycles. The van der Waals surface area contributed by atoms with Gasteiger partial charge in [-0.15, -0.1) is 11.3 Å². The summed E-state index contributed by atoms with van der Waals surface area (Å²) in [6.45, 7) is 3.18. The Bertz CT molecular complexity index is 545.